The normalized spacial score (nSPS) is 13.8. The fourth-order valence-electron chi connectivity index (χ4n) is 3.32. The number of carbonyl (C=O) groups is 1. The van der Waals surface area contributed by atoms with Gasteiger partial charge in [0.25, 0.3) is 5.91 Å². The van der Waals surface area contributed by atoms with E-state index in [-0.39, 0.29) is 16.0 Å². The third-order valence-corrected chi connectivity index (χ3v) is 6.39. The molecule has 1 aromatic carbocycles. The Kier molecular flexibility index (Phi) is 6.39. The van der Waals surface area contributed by atoms with Gasteiger partial charge >= 0.3 is 6.18 Å². The van der Waals surface area contributed by atoms with Crippen LogP contribution in [-0.4, -0.2) is 21.6 Å². The molecular formula is C23H20F3N3OS2. The molecule has 1 fully saturated rings. The fourth-order valence-corrected chi connectivity index (χ4v) is 4.30. The van der Waals surface area contributed by atoms with Crippen molar-refractivity contribution in [1.82, 2.24) is 9.97 Å². The average molecular weight is 476 g/mol. The van der Waals surface area contributed by atoms with Gasteiger partial charge in [0.1, 0.15) is 10.3 Å². The molecule has 1 amide bonds. The van der Waals surface area contributed by atoms with Gasteiger partial charge < -0.3 is 10.3 Å². The van der Waals surface area contributed by atoms with Crippen LogP contribution in [0, 0.1) is 4.64 Å². The molecule has 0 bridgehead atoms. The maximum absolute atomic E-state index is 13.0. The molecule has 0 unspecified atom stereocenters. The predicted molar refractivity (Wildman–Crippen MR) is 123 cm³/mol. The largest absolute Gasteiger partial charge is 0.417 e. The van der Waals surface area contributed by atoms with Crippen molar-refractivity contribution in [1.29, 1.82) is 0 Å². The van der Waals surface area contributed by atoms with Gasteiger partial charge in [-0.25, -0.2) is 4.98 Å². The van der Waals surface area contributed by atoms with Crippen LogP contribution in [0.2, 0.25) is 0 Å². The van der Waals surface area contributed by atoms with Crippen molar-refractivity contribution in [3.63, 3.8) is 0 Å². The number of hydrogen-bond donors (Lipinski definition) is 2. The summed E-state index contributed by atoms with van der Waals surface area (Å²) in [5.74, 6) is 0.757. The van der Waals surface area contributed by atoms with E-state index in [1.807, 2.05) is 25.1 Å². The molecule has 0 radical (unpaired) electrons. The first-order chi connectivity index (χ1) is 15.3. The smallest absolute Gasteiger partial charge is 0.351 e. The molecule has 32 heavy (non-hydrogen) atoms. The zero-order valence-corrected chi connectivity index (χ0v) is 18.8. The molecule has 3 aromatic rings. The summed E-state index contributed by atoms with van der Waals surface area (Å²) in [6.07, 6.45) is 0.290. The molecular weight excluding hydrogens is 455 g/mol. The van der Waals surface area contributed by atoms with Crippen LogP contribution < -0.4 is 5.32 Å². The lowest BCUT2D eigenvalue weighted by molar-refractivity contribution is -0.137. The third-order valence-electron chi connectivity index (χ3n) is 5.14. The Hall–Kier alpha value is -2.65. The molecule has 1 saturated carbocycles. The highest BCUT2D eigenvalue weighted by Crippen LogP contribution is 2.40. The standard InChI is InChI=1S/C23H20F3N3OS2/c1-2-32-19-9-16(15-7-5-14(6-8-15)13-3-4-13)11-27-20(19)21(30)29-18-10-17(23(24,25)26)12-28-22(18)31/h5-13H,2-4H2,1H3,(H,28,31)(H,29,30). The second-order valence-electron chi connectivity index (χ2n) is 7.48. The number of amides is 1. The van der Waals surface area contributed by atoms with Crippen molar-refractivity contribution in [2.24, 2.45) is 0 Å². The number of benzene rings is 1. The van der Waals surface area contributed by atoms with Crippen molar-refractivity contribution in [2.45, 2.75) is 36.8 Å². The van der Waals surface area contributed by atoms with Crippen molar-refractivity contribution in [2.75, 3.05) is 11.1 Å². The first-order valence-electron chi connectivity index (χ1n) is 10.1. The summed E-state index contributed by atoms with van der Waals surface area (Å²) in [6.45, 7) is 1.95. The molecule has 9 heteroatoms. The lowest BCUT2D eigenvalue weighted by atomic mass is 10.0. The maximum Gasteiger partial charge on any atom is 0.417 e. The van der Waals surface area contributed by atoms with E-state index in [1.54, 1.807) is 6.20 Å². The number of thioether (sulfide) groups is 1. The SMILES string of the molecule is CCSc1cc(-c2ccc(C3CC3)cc2)cnc1C(=O)Nc1cc(C(F)(F)F)c[nH]c1=S. The highest BCUT2D eigenvalue weighted by Gasteiger charge is 2.31. The van der Waals surface area contributed by atoms with E-state index in [1.165, 1.54) is 30.2 Å². The number of halogens is 3. The summed E-state index contributed by atoms with van der Waals surface area (Å²) in [6, 6.07) is 11.0. The van der Waals surface area contributed by atoms with Crippen molar-refractivity contribution in [3.05, 3.63) is 70.3 Å². The van der Waals surface area contributed by atoms with E-state index in [2.05, 4.69) is 27.4 Å². The van der Waals surface area contributed by atoms with Gasteiger partial charge in [0, 0.05) is 22.9 Å². The minimum atomic E-state index is -4.56. The van der Waals surface area contributed by atoms with Crippen LogP contribution in [0.3, 0.4) is 0 Å². The molecule has 4 rings (SSSR count). The summed E-state index contributed by atoms with van der Waals surface area (Å²) in [4.78, 5) is 20.2. The number of rotatable bonds is 6. The Bertz CT molecular complexity index is 1200. The highest BCUT2D eigenvalue weighted by molar-refractivity contribution is 7.99. The molecule has 1 aliphatic carbocycles. The number of carbonyl (C=O) groups excluding carboxylic acids is 1. The quantitative estimate of drug-likeness (QED) is 0.296. The number of aromatic nitrogens is 2. The van der Waals surface area contributed by atoms with Gasteiger partial charge in [-0.05, 0) is 47.8 Å². The summed E-state index contributed by atoms with van der Waals surface area (Å²) >= 11 is 6.48. The molecule has 2 heterocycles. The van der Waals surface area contributed by atoms with E-state index >= 15 is 0 Å². The lowest BCUT2D eigenvalue weighted by Crippen LogP contribution is -2.16. The molecule has 2 N–H and O–H groups in total. The van der Waals surface area contributed by atoms with Gasteiger partial charge in [-0.3, -0.25) is 4.79 Å². The monoisotopic (exact) mass is 475 g/mol. The second kappa shape index (κ2) is 9.07. The Morgan fingerprint density at radius 1 is 1.22 bits per heavy atom. The zero-order chi connectivity index (χ0) is 22.9. The zero-order valence-electron chi connectivity index (χ0n) is 17.1. The number of hydrogen-bond acceptors (Lipinski definition) is 4. The predicted octanol–water partition coefficient (Wildman–Crippen LogP) is 7.07. The minimum Gasteiger partial charge on any atom is -0.351 e. The van der Waals surface area contributed by atoms with Crippen LogP contribution in [0.5, 0.6) is 0 Å². The Morgan fingerprint density at radius 3 is 2.56 bits per heavy atom. The van der Waals surface area contributed by atoms with Gasteiger partial charge in [-0.2, -0.15) is 13.2 Å². The molecule has 0 spiro atoms. The van der Waals surface area contributed by atoms with E-state index < -0.39 is 17.6 Å². The van der Waals surface area contributed by atoms with Gasteiger partial charge in [0.15, 0.2) is 0 Å². The van der Waals surface area contributed by atoms with Gasteiger partial charge in [-0.1, -0.05) is 43.4 Å². The van der Waals surface area contributed by atoms with Gasteiger partial charge in [-0.15, -0.1) is 11.8 Å². The molecule has 0 aliphatic heterocycles. The van der Waals surface area contributed by atoms with Crippen LogP contribution in [0.15, 0.2) is 53.7 Å². The average Bonchev–Trinajstić information content (AvgIpc) is 3.60. The van der Waals surface area contributed by atoms with Crippen molar-refractivity contribution < 1.29 is 18.0 Å². The first-order valence-corrected chi connectivity index (χ1v) is 11.5. The number of aromatic amines is 1. The van der Waals surface area contributed by atoms with Crippen molar-refractivity contribution >= 4 is 35.6 Å². The van der Waals surface area contributed by atoms with Crippen LogP contribution in [0.25, 0.3) is 11.1 Å². The Balaban J connectivity index is 1.61. The number of nitrogens with zero attached hydrogens (tertiary/aromatic N) is 1. The lowest BCUT2D eigenvalue weighted by Gasteiger charge is -2.12. The van der Waals surface area contributed by atoms with Crippen LogP contribution in [-0.2, 0) is 6.18 Å². The molecule has 4 nitrogen and oxygen atoms in total. The van der Waals surface area contributed by atoms with E-state index in [0.717, 1.165) is 23.4 Å². The highest BCUT2D eigenvalue weighted by atomic mass is 32.2. The number of nitrogens with one attached hydrogen (secondary N) is 2. The van der Waals surface area contributed by atoms with Crippen LogP contribution in [0.4, 0.5) is 18.9 Å². The maximum atomic E-state index is 13.0. The van der Waals surface area contributed by atoms with Crippen LogP contribution >= 0.6 is 24.0 Å². The van der Waals surface area contributed by atoms with E-state index in [0.29, 0.717) is 16.6 Å². The topological polar surface area (TPSA) is 57.8 Å². The number of anilines is 1. The molecule has 1 aliphatic rings. The van der Waals surface area contributed by atoms with Gasteiger partial charge in [0.2, 0.25) is 0 Å². The molecule has 2 aromatic heterocycles. The number of H-pyrrole nitrogens is 1. The summed E-state index contributed by atoms with van der Waals surface area (Å²) < 4.78 is 39.1. The van der Waals surface area contributed by atoms with Gasteiger partial charge in [0.05, 0.1) is 11.3 Å². The minimum absolute atomic E-state index is 0.00316. The summed E-state index contributed by atoms with van der Waals surface area (Å²) in [7, 11) is 0. The van der Waals surface area contributed by atoms with E-state index in [9.17, 15) is 18.0 Å². The van der Waals surface area contributed by atoms with E-state index in [4.69, 9.17) is 12.2 Å². The fraction of sp³-hybridized carbons (Fsp3) is 0.261. The summed E-state index contributed by atoms with van der Waals surface area (Å²) in [5, 5.41) is 2.47. The molecule has 166 valence electrons. The number of alkyl halides is 3. The summed E-state index contributed by atoms with van der Waals surface area (Å²) in [5.41, 5.74) is 2.29. The molecule has 0 atom stereocenters. The third kappa shape index (κ3) is 5.05. The second-order valence-corrected chi connectivity index (χ2v) is 9.20. The first kappa shape index (κ1) is 22.5. The van der Waals surface area contributed by atoms with Crippen molar-refractivity contribution in [3.8, 4) is 11.1 Å². The Morgan fingerprint density at radius 2 is 1.94 bits per heavy atom. The Labute approximate surface area is 192 Å². The van der Waals surface area contributed by atoms with Crippen LogP contribution in [0.1, 0.15) is 47.3 Å². The molecule has 0 saturated heterocycles. The number of pyridine rings is 2.